The molecule has 1 aliphatic rings. The zero-order valence-electron chi connectivity index (χ0n) is 11.2. The van der Waals surface area contributed by atoms with Gasteiger partial charge in [-0.05, 0) is 38.0 Å². The van der Waals surface area contributed by atoms with Crippen molar-refractivity contribution in [3.8, 4) is 5.75 Å². The third-order valence-electron chi connectivity index (χ3n) is 3.49. The van der Waals surface area contributed by atoms with E-state index < -0.39 is 0 Å². The van der Waals surface area contributed by atoms with Crippen molar-refractivity contribution in [2.24, 2.45) is 0 Å². The Morgan fingerprint density at radius 3 is 2.50 bits per heavy atom. The highest BCUT2D eigenvalue weighted by molar-refractivity contribution is 5.53. The second-order valence-electron chi connectivity index (χ2n) is 4.78. The van der Waals surface area contributed by atoms with E-state index >= 15 is 0 Å². The van der Waals surface area contributed by atoms with Crippen molar-refractivity contribution in [1.29, 1.82) is 0 Å². The Labute approximate surface area is 109 Å². The van der Waals surface area contributed by atoms with Crippen LogP contribution in [-0.2, 0) is 6.61 Å². The summed E-state index contributed by atoms with van der Waals surface area (Å²) in [5, 5.41) is 9.42. The number of hydrogen-bond acceptors (Lipinski definition) is 3. The number of nitrogens with zero attached hydrogens (tertiary/aromatic N) is 1. The minimum absolute atomic E-state index is 0.0387. The van der Waals surface area contributed by atoms with Crippen molar-refractivity contribution in [3.05, 3.63) is 23.8 Å². The van der Waals surface area contributed by atoms with Crippen LogP contribution >= 0.6 is 0 Å². The van der Waals surface area contributed by atoms with Crippen LogP contribution in [0, 0.1) is 0 Å². The maximum Gasteiger partial charge on any atom is 0.124 e. The number of anilines is 1. The van der Waals surface area contributed by atoms with Crippen LogP contribution in [0.3, 0.4) is 0 Å². The van der Waals surface area contributed by atoms with Crippen molar-refractivity contribution in [1.82, 2.24) is 0 Å². The van der Waals surface area contributed by atoms with Crippen molar-refractivity contribution >= 4 is 5.69 Å². The highest BCUT2D eigenvalue weighted by atomic mass is 16.5. The van der Waals surface area contributed by atoms with Crippen LogP contribution in [0.1, 0.15) is 38.2 Å². The quantitative estimate of drug-likeness (QED) is 0.890. The number of rotatable bonds is 4. The van der Waals surface area contributed by atoms with Gasteiger partial charge in [0.2, 0.25) is 0 Å². The van der Waals surface area contributed by atoms with Gasteiger partial charge in [0, 0.05) is 24.3 Å². The first-order valence-corrected chi connectivity index (χ1v) is 6.96. The van der Waals surface area contributed by atoms with Gasteiger partial charge in [-0.1, -0.05) is 12.8 Å². The molecule has 0 radical (unpaired) electrons. The summed E-state index contributed by atoms with van der Waals surface area (Å²) in [5.41, 5.74) is 2.10. The van der Waals surface area contributed by atoms with Crippen LogP contribution in [-0.4, -0.2) is 24.8 Å². The minimum atomic E-state index is 0.0387. The molecular weight excluding hydrogens is 226 g/mol. The maximum atomic E-state index is 9.42. The second kappa shape index (κ2) is 6.64. The lowest BCUT2D eigenvalue weighted by Crippen LogP contribution is -2.23. The lowest BCUT2D eigenvalue weighted by atomic mass is 10.1. The van der Waals surface area contributed by atoms with E-state index in [2.05, 4.69) is 17.0 Å². The molecule has 0 atom stereocenters. The molecule has 1 aromatic carbocycles. The van der Waals surface area contributed by atoms with Crippen LogP contribution in [0.25, 0.3) is 0 Å². The molecule has 0 aliphatic carbocycles. The summed E-state index contributed by atoms with van der Waals surface area (Å²) in [4.78, 5) is 2.42. The van der Waals surface area contributed by atoms with E-state index in [1.54, 1.807) is 0 Å². The lowest BCUT2D eigenvalue weighted by molar-refractivity contribution is 0.267. The van der Waals surface area contributed by atoms with Crippen LogP contribution in [0.4, 0.5) is 5.69 Å². The first-order valence-electron chi connectivity index (χ1n) is 6.96. The Kier molecular flexibility index (Phi) is 4.88. The monoisotopic (exact) mass is 249 g/mol. The molecule has 2 rings (SSSR count). The summed E-state index contributed by atoms with van der Waals surface area (Å²) in [6.45, 7) is 4.88. The number of benzene rings is 1. The molecule has 0 spiro atoms. The van der Waals surface area contributed by atoms with Crippen LogP contribution in [0.2, 0.25) is 0 Å². The number of hydrogen-bond donors (Lipinski definition) is 1. The molecule has 1 N–H and O–H groups in total. The predicted octanol–water partition coefficient (Wildman–Crippen LogP) is 2.96. The summed E-state index contributed by atoms with van der Waals surface area (Å²) < 4.78 is 5.52. The van der Waals surface area contributed by atoms with Gasteiger partial charge >= 0.3 is 0 Å². The van der Waals surface area contributed by atoms with E-state index in [4.69, 9.17) is 4.74 Å². The fourth-order valence-corrected chi connectivity index (χ4v) is 2.51. The van der Waals surface area contributed by atoms with Gasteiger partial charge in [-0.25, -0.2) is 0 Å². The Balaban J connectivity index is 2.17. The van der Waals surface area contributed by atoms with E-state index in [1.165, 1.54) is 31.4 Å². The van der Waals surface area contributed by atoms with Crippen LogP contribution < -0.4 is 9.64 Å². The van der Waals surface area contributed by atoms with Crippen molar-refractivity contribution in [2.45, 2.75) is 39.2 Å². The van der Waals surface area contributed by atoms with Crippen molar-refractivity contribution in [3.63, 3.8) is 0 Å². The Morgan fingerprint density at radius 1 is 1.17 bits per heavy atom. The molecule has 18 heavy (non-hydrogen) atoms. The molecule has 3 nitrogen and oxygen atoms in total. The number of ether oxygens (including phenoxy) is 1. The molecule has 1 fully saturated rings. The molecule has 1 heterocycles. The molecule has 1 saturated heterocycles. The van der Waals surface area contributed by atoms with Gasteiger partial charge in [0.15, 0.2) is 0 Å². The van der Waals surface area contributed by atoms with E-state index in [0.29, 0.717) is 6.61 Å². The zero-order chi connectivity index (χ0) is 12.8. The number of aliphatic hydroxyl groups excluding tert-OH is 1. The van der Waals surface area contributed by atoms with Gasteiger partial charge in [-0.15, -0.1) is 0 Å². The van der Waals surface area contributed by atoms with Gasteiger partial charge in [0.05, 0.1) is 13.2 Å². The average molecular weight is 249 g/mol. The van der Waals surface area contributed by atoms with E-state index in [1.807, 2.05) is 13.0 Å². The van der Waals surface area contributed by atoms with Crippen molar-refractivity contribution in [2.75, 3.05) is 24.6 Å². The minimum Gasteiger partial charge on any atom is -0.494 e. The van der Waals surface area contributed by atoms with Crippen LogP contribution in [0.5, 0.6) is 5.75 Å². The molecule has 3 heteroatoms. The Hall–Kier alpha value is -1.22. The van der Waals surface area contributed by atoms with Gasteiger partial charge in [0.1, 0.15) is 5.75 Å². The maximum absolute atomic E-state index is 9.42. The topological polar surface area (TPSA) is 32.7 Å². The smallest absolute Gasteiger partial charge is 0.124 e. The molecule has 0 amide bonds. The van der Waals surface area contributed by atoms with Gasteiger partial charge in [-0.3, -0.25) is 0 Å². The fourth-order valence-electron chi connectivity index (χ4n) is 2.51. The standard InChI is InChI=1S/C15H23NO2/c1-2-18-15-8-7-14(11-13(15)12-17)16-9-5-3-4-6-10-16/h7-8,11,17H,2-6,9-10,12H2,1H3. The molecule has 0 saturated carbocycles. The Morgan fingerprint density at radius 2 is 1.89 bits per heavy atom. The first kappa shape index (κ1) is 13.2. The van der Waals surface area contributed by atoms with E-state index in [-0.39, 0.29) is 6.61 Å². The van der Waals surface area contributed by atoms with E-state index in [0.717, 1.165) is 24.4 Å². The van der Waals surface area contributed by atoms with Crippen LogP contribution in [0.15, 0.2) is 18.2 Å². The largest absolute Gasteiger partial charge is 0.494 e. The summed E-state index contributed by atoms with van der Waals surface area (Å²) in [6, 6.07) is 6.15. The number of aliphatic hydroxyl groups is 1. The summed E-state index contributed by atoms with van der Waals surface area (Å²) in [6.07, 6.45) is 5.20. The fraction of sp³-hybridized carbons (Fsp3) is 0.600. The highest BCUT2D eigenvalue weighted by Gasteiger charge is 2.12. The molecule has 100 valence electrons. The van der Waals surface area contributed by atoms with Crippen molar-refractivity contribution < 1.29 is 9.84 Å². The first-order chi connectivity index (χ1) is 8.85. The molecule has 1 aromatic rings. The normalized spacial score (nSPS) is 16.4. The third kappa shape index (κ3) is 3.16. The molecular formula is C15H23NO2. The predicted molar refractivity (Wildman–Crippen MR) is 74.2 cm³/mol. The summed E-state index contributed by atoms with van der Waals surface area (Å²) >= 11 is 0. The summed E-state index contributed by atoms with van der Waals surface area (Å²) in [7, 11) is 0. The average Bonchev–Trinajstić information content (AvgIpc) is 2.68. The molecule has 0 bridgehead atoms. The molecule has 0 aromatic heterocycles. The Bertz CT molecular complexity index is 371. The van der Waals surface area contributed by atoms with Gasteiger partial charge < -0.3 is 14.7 Å². The lowest BCUT2D eigenvalue weighted by Gasteiger charge is -2.23. The summed E-state index contributed by atoms with van der Waals surface area (Å²) in [5.74, 6) is 0.804. The van der Waals surface area contributed by atoms with Gasteiger partial charge in [0.25, 0.3) is 0 Å². The SMILES string of the molecule is CCOc1ccc(N2CCCCCC2)cc1CO. The third-order valence-corrected chi connectivity index (χ3v) is 3.49. The van der Waals surface area contributed by atoms with E-state index in [9.17, 15) is 5.11 Å². The molecule has 1 aliphatic heterocycles. The van der Waals surface area contributed by atoms with Gasteiger partial charge in [-0.2, -0.15) is 0 Å². The highest BCUT2D eigenvalue weighted by Crippen LogP contribution is 2.27. The zero-order valence-corrected chi connectivity index (χ0v) is 11.2. The second-order valence-corrected chi connectivity index (χ2v) is 4.78. The molecule has 0 unspecified atom stereocenters.